The predicted molar refractivity (Wildman–Crippen MR) is 100 cm³/mol. The molecule has 126 valence electrons. The Bertz CT molecular complexity index is 620. The first-order chi connectivity index (χ1) is 11.0. The summed E-state index contributed by atoms with van der Waals surface area (Å²) < 4.78 is 5.68. The molecule has 2 N–H and O–H groups in total. The summed E-state index contributed by atoms with van der Waals surface area (Å²) in [5, 5.41) is 8.65. The van der Waals surface area contributed by atoms with Gasteiger partial charge in [-0.25, -0.2) is 9.98 Å². The molecule has 0 radical (unpaired) electrons. The second-order valence-corrected chi connectivity index (χ2v) is 8.09. The summed E-state index contributed by atoms with van der Waals surface area (Å²) in [5.41, 5.74) is 0.828. The molecule has 0 saturated heterocycles. The van der Waals surface area contributed by atoms with Crippen molar-refractivity contribution in [1.82, 2.24) is 15.6 Å². The highest BCUT2D eigenvalue weighted by Crippen LogP contribution is 2.23. The Balaban J connectivity index is 1.97. The molecular weight excluding hydrogens is 328 g/mol. The fraction of sp³-hybridized carbons (Fsp3) is 0.500. The van der Waals surface area contributed by atoms with E-state index in [2.05, 4.69) is 47.6 Å². The summed E-state index contributed by atoms with van der Waals surface area (Å²) in [7, 11) is 0. The average molecular weight is 353 g/mol. The number of thioether (sulfide) groups is 1. The Labute approximate surface area is 146 Å². The maximum atomic E-state index is 5.52. The van der Waals surface area contributed by atoms with Crippen molar-refractivity contribution in [1.29, 1.82) is 0 Å². The van der Waals surface area contributed by atoms with Crippen molar-refractivity contribution in [3.63, 3.8) is 0 Å². The van der Waals surface area contributed by atoms with Gasteiger partial charge in [0.15, 0.2) is 5.96 Å². The molecule has 0 aliphatic rings. The lowest BCUT2D eigenvalue weighted by Crippen LogP contribution is -2.43. The number of aliphatic imine (C=N–C) groups is 1. The molecule has 0 saturated carbocycles. The zero-order valence-corrected chi connectivity index (χ0v) is 15.7. The first kappa shape index (κ1) is 17.9. The number of rotatable bonds is 7. The van der Waals surface area contributed by atoms with Gasteiger partial charge < -0.3 is 15.1 Å². The standard InChI is InChI=1S/C16H24N4OS2/c1-5-17-15(19-11-16(2,3)22-4)18-9-12-10-21-14(20-12)13-7-6-8-23-13/h6-8,10H,5,9,11H2,1-4H3,(H2,17,18,19). The van der Waals surface area contributed by atoms with E-state index in [9.17, 15) is 0 Å². The first-order valence-electron chi connectivity index (χ1n) is 7.59. The quantitative estimate of drug-likeness (QED) is 0.589. The van der Waals surface area contributed by atoms with Gasteiger partial charge in [0.1, 0.15) is 12.0 Å². The molecule has 0 aromatic carbocycles. The van der Waals surface area contributed by atoms with Gasteiger partial charge in [-0.1, -0.05) is 6.07 Å². The van der Waals surface area contributed by atoms with Crippen molar-refractivity contribution >= 4 is 29.1 Å². The van der Waals surface area contributed by atoms with Crippen molar-refractivity contribution in [2.75, 3.05) is 19.3 Å². The van der Waals surface area contributed by atoms with Crippen LogP contribution in [-0.2, 0) is 6.54 Å². The van der Waals surface area contributed by atoms with Gasteiger partial charge in [0.2, 0.25) is 5.89 Å². The smallest absolute Gasteiger partial charge is 0.236 e. The highest BCUT2D eigenvalue weighted by molar-refractivity contribution is 7.99. The van der Waals surface area contributed by atoms with Crippen LogP contribution in [0.4, 0.5) is 0 Å². The van der Waals surface area contributed by atoms with E-state index in [1.165, 1.54) is 0 Å². The molecule has 2 rings (SSSR count). The number of nitrogens with one attached hydrogen (secondary N) is 2. The molecule has 0 unspecified atom stereocenters. The lowest BCUT2D eigenvalue weighted by Gasteiger charge is -2.23. The third kappa shape index (κ3) is 5.58. The first-order valence-corrected chi connectivity index (χ1v) is 9.70. The van der Waals surface area contributed by atoms with Crippen molar-refractivity contribution < 1.29 is 4.42 Å². The zero-order valence-electron chi connectivity index (χ0n) is 14.0. The summed E-state index contributed by atoms with van der Waals surface area (Å²) in [6, 6.07) is 3.99. The minimum Gasteiger partial charge on any atom is -0.443 e. The molecule has 0 spiro atoms. The summed E-state index contributed by atoms with van der Waals surface area (Å²) >= 11 is 3.45. The van der Waals surface area contributed by atoms with E-state index in [1.807, 2.05) is 29.3 Å². The number of aromatic nitrogens is 1. The van der Waals surface area contributed by atoms with Crippen LogP contribution in [-0.4, -0.2) is 35.0 Å². The van der Waals surface area contributed by atoms with Crippen LogP contribution in [0.2, 0.25) is 0 Å². The molecule has 0 amide bonds. The van der Waals surface area contributed by atoms with E-state index in [4.69, 9.17) is 4.42 Å². The van der Waals surface area contributed by atoms with Crippen molar-refractivity contribution in [2.24, 2.45) is 4.99 Å². The van der Waals surface area contributed by atoms with E-state index >= 15 is 0 Å². The summed E-state index contributed by atoms with van der Waals surface area (Å²) in [5.74, 6) is 1.46. The Kier molecular flexibility index (Phi) is 6.53. The molecule has 2 aromatic heterocycles. The van der Waals surface area contributed by atoms with Gasteiger partial charge in [0.25, 0.3) is 0 Å². The topological polar surface area (TPSA) is 62.5 Å². The van der Waals surface area contributed by atoms with Crippen LogP contribution >= 0.6 is 23.1 Å². The van der Waals surface area contributed by atoms with Crippen LogP contribution in [0, 0.1) is 0 Å². The van der Waals surface area contributed by atoms with E-state index in [1.54, 1.807) is 17.6 Å². The Morgan fingerprint density at radius 3 is 2.91 bits per heavy atom. The van der Waals surface area contributed by atoms with Gasteiger partial charge in [0.05, 0.1) is 11.4 Å². The fourth-order valence-corrected chi connectivity index (χ4v) is 2.64. The summed E-state index contributed by atoms with van der Waals surface area (Å²) in [6.07, 6.45) is 3.79. The van der Waals surface area contributed by atoms with E-state index in [-0.39, 0.29) is 4.75 Å². The van der Waals surface area contributed by atoms with Gasteiger partial charge >= 0.3 is 0 Å². The third-order valence-corrected chi connectivity index (χ3v) is 5.37. The number of nitrogens with zero attached hydrogens (tertiary/aromatic N) is 2. The lowest BCUT2D eigenvalue weighted by atomic mass is 10.2. The highest BCUT2D eigenvalue weighted by atomic mass is 32.2. The second kappa shape index (κ2) is 8.40. The Morgan fingerprint density at radius 2 is 2.26 bits per heavy atom. The number of thiophene rings is 1. The lowest BCUT2D eigenvalue weighted by molar-refractivity contribution is 0.574. The van der Waals surface area contributed by atoms with E-state index in [0.717, 1.165) is 29.6 Å². The van der Waals surface area contributed by atoms with Gasteiger partial charge in [-0.3, -0.25) is 0 Å². The number of guanidine groups is 1. The monoisotopic (exact) mass is 352 g/mol. The fourth-order valence-electron chi connectivity index (χ4n) is 1.76. The van der Waals surface area contributed by atoms with Gasteiger partial charge in [-0.15, -0.1) is 11.3 Å². The average Bonchev–Trinajstić information content (AvgIpc) is 3.20. The van der Waals surface area contributed by atoms with Crippen LogP contribution in [0.25, 0.3) is 10.8 Å². The number of hydrogen-bond acceptors (Lipinski definition) is 5. The van der Waals surface area contributed by atoms with Crippen LogP contribution in [0.3, 0.4) is 0 Å². The van der Waals surface area contributed by atoms with Crippen LogP contribution in [0.5, 0.6) is 0 Å². The van der Waals surface area contributed by atoms with Crippen LogP contribution < -0.4 is 10.6 Å². The predicted octanol–water partition coefficient (Wildman–Crippen LogP) is 3.60. The molecule has 23 heavy (non-hydrogen) atoms. The maximum absolute atomic E-state index is 5.52. The van der Waals surface area contributed by atoms with Crippen molar-refractivity contribution in [3.05, 3.63) is 29.5 Å². The molecule has 7 heteroatoms. The largest absolute Gasteiger partial charge is 0.443 e. The number of hydrogen-bond donors (Lipinski definition) is 2. The zero-order chi connectivity index (χ0) is 16.7. The molecule has 2 heterocycles. The highest BCUT2D eigenvalue weighted by Gasteiger charge is 2.16. The summed E-state index contributed by atoms with van der Waals surface area (Å²) in [6.45, 7) is 8.63. The molecule has 0 fully saturated rings. The van der Waals surface area contributed by atoms with E-state index in [0.29, 0.717) is 12.4 Å². The van der Waals surface area contributed by atoms with Gasteiger partial charge in [0, 0.05) is 17.8 Å². The Morgan fingerprint density at radius 1 is 1.43 bits per heavy atom. The second-order valence-electron chi connectivity index (χ2n) is 5.63. The van der Waals surface area contributed by atoms with Gasteiger partial charge in [-0.05, 0) is 38.5 Å². The van der Waals surface area contributed by atoms with Crippen molar-refractivity contribution in [3.8, 4) is 10.8 Å². The van der Waals surface area contributed by atoms with Crippen LogP contribution in [0.15, 0.2) is 33.2 Å². The minimum absolute atomic E-state index is 0.163. The van der Waals surface area contributed by atoms with Crippen molar-refractivity contribution in [2.45, 2.75) is 32.1 Å². The normalized spacial score (nSPS) is 12.4. The maximum Gasteiger partial charge on any atom is 0.236 e. The summed E-state index contributed by atoms with van der Waals surface area (Å²) in [4.78, 5) is 10.1. The third-order valence-electron chi connectivity index (χ3n) is 3.26. The van der Waals surface area contributed by atoms with E-state index < -0.39 is 0 Å². The molecular formula is C16H24N4OS2. The molecule has 0 bridgehead atoms. The molecule has 5 nitrogen and oxygen atoms in total. The molecule has 0 aliphatic heterocycles. The van der Waals surface area contributed by atoms with Crippen LogP contribution in [0.1, 0.15) is 26.5 Å². The molecule has 0 atom stereocenters. The minimum atomic E-state index is 0.163. The van der Waals surface area contributed by atoms with Gasteiger partial charge in [-0.2, -0.15) is 11.8 Å². The molecule has 0 aliphatic carbocycles. The number of oxazole rings is 1. The Hall–Kier alpha value is -1.47. The SMILES string of the molecule is CCNC(=NCc1coc(-c2cccs2)n1)NCC(C)(C)SC. The molecule has 2 aromatic rings.